The molecule has 1 fully saturated rings. The molecule has 5 nitrogen and oxygen atoms in total. The first-order chi connectivity index (χ1) is 12.3. The number of H-pyrrole nitrogens is 1. The molecule has 9 heteroatoms. The molecule has 1 saturated heterocycles. The number of quaternary nitrogens is 1. The predicted octanol–water partition coefficient (Wildman–Crippen LogP) is 1.18. The Kier molecular flexibility index (Phi) is 7.52. The normalized spacial score (nSPS) is 16.0. The Morgan fingerprint density at radius 1 is 1.35 bits per heavy atom. The minimum atomic E-state index is -4.42. The summed E-state index contributed by atoms with van der Waals surface area (Å²) in [5.41, 5.74) is -0.796. The van der Waals surface area contributed by atoms with E-state index in [9.17, 15) is 18.0 Å². The third kappa shape index (κ3) is 6.02. The molecule has 0 aliphatic carbocycles. The van der Waals surface area contributed by atoms with E-state index < -0.39 is 11.7 Å². The number of alkyl halides is 3. The van der Waals surface area contributed by atoms with Crippen LogP contribution >= 0.6 is 11.6 Å². The number of amides is 1. The third-order valence-electron chi connectivity index (χ3n) is 4.50. The molecule has 2 rings (SSSR count). The van der Waals surface area contributed by atoms with Gasteiger partial charge in [-0.15, -0.1) is 0 Å². The molecule has 0 atom stereocenters. The first kappa shape index (κ1) is 20.8. The molecular formula is C17H26ClF3N4O+2. The number of nitrogens with zero attached hydrogens (tertiary/aromatic N) is 1. The second-order valence-electron chi connectivity index (χ2n) is 6.55. The van der Waals surface area contributed by atoms with E-state index in [1.807, 2.05) is 4.90 Å². The van der Waals surface area contributed by atoms with E-state index in [1.54, 1.807) is 0 Å². The average molecular weight is 395 g/mol. The van der Waals surface area contributed by atoms with Crippen molar-refractivity contribution in [3.63, 3.8) is 0 Å². The molecule has 0 aromatic carbocycles. The second-order valence-corrected chi connectivity index (χ2v) is 6.96. The van der Waals surface area contributed by atoms with E-state index in [0.717, 1.165) is 49.5 Å². The van der Waals surface area contributed by atoms with Crippen molar-refractivity contribution in [1.82, 2.24) is 5.32 Å². The number of nitrogens with one attached hydrogen (secondary N) is 3. The smallest absolute Gasteiger partial charge is 0.351 e. The lowest BCUT2D eigenvalue weighted by Crippen LogP contribution is -3.16. The summed E-state index contributed by atoms with van der Waals surface area (Å²) in [5.74, 6) is 0.534. The molecule has 1 aliphatic heterocycles. The van der Waals surface area contributed by atoms with E-state index >= 15 is 0 Å². The highest BCUT2D eigenvalue weighted by molar-refractivity contribution is 6.32. The number of halogens is 4. The number of hydrogen-bond donors (Lipinski definition) is 2. The zero-order valence-corrected chi connectivity index (χ0v) is 15.6. The van der Waals surface area contributed by atoms with Gasteiger partial charge in [0.25, 0.3) is 11.7 Å². The zero-order valence-electron chi connectivity index (χ0n) is 14.9. The van der Waals surface area contributed by atoms with Gasteiger partial charge in [0.15, 0.2) is 6.54 Å². The molecule has 1 aromatic heterocycles. The molecule has 1 aliphatic rings. The minimum absolute atomic E-state index is 0.0451. The maximum atomic E-state index is 12.7. The van der Waals surface area contributed by atoms with Gasteiger partial charge in [0.05, 0.1) is 5.56 Å². The second kappa shape index (κ2) is 9.41. The van der Waals surface area contributed by atoms with Crippen molar-refractivity contribution in [2.45, 2.75) is 32.4 Å². The number of hydrogen-bond acceptors (Lipinski definition) is 2. The lowest BCUT2D eigenvalue weighted by Gasteiger charge is -2.28. The fourth-order valence-corrected chi connectivity index (χ4v) is 3.27. The highest BCUT2D eigenvalue weighted by atomic mass is 35.5. The quantitative estimate of drug-likeness (QED) is 0.682. The van der Waals surface area contributed by atoms with E-state index in [2.05, 4.69) is 17.2 Å². The first-order valence-corrected chi connectivity index (χ1v) is 9.32. The van der Waals surface area contributed by atoms with Gasteiger partial charge in [-0.3, -0.25) is 4.79 Å². The molecular weight excluding hydrogens is 369 g/mol. The van der Waals surface area contributed by atoms with Gasteiger partial charge in [-0.05, 0) is 12.5 Å². The summed E-state index contributed by atoms with van der Waals surface area (Å²) in [6.45, 7) is 5.96. The molecule has 0 saturated carbocycles. The predicted molar refractivity (Wildman–Crippen MR) is 93.3 cm³/mol. The highest BCUT2D eigenvalue weighted by Crippen LogP contribution is 2.31. The molecule has 26 heavy (non-hydrogen) atoms. The summed E-state index contributed by atoms with van der Waals surface area (Å²) in [6.07, 6.45) is -0.271. The van der Waals surface area contributed by atoms with E-state index in [-0.39, 0.29) is 10.9 Å². The molecule has 1 aromatic rings. The van der Waals surface area contributed by atoms with Crippen LogP contribution in [0.1, 0.15) is 31.7 Å². The van der Waals surface area contributed by atoms with Gasteiger partial charge in [0.1, 0.15) is 37.4 Å². The number of unbranched alkanes of at least 4 members (excludes halogenated alkanes) is 2. The van der Waals surface area contributed by atoms with Crippen LogP contribution in [0.4, 0.5) is 19.0 Å². The summed E-state index contributed by atoms with van der Waals surface area (Å²) >= 11 is 6.03. The summed E-state index contributed by atoms with van der Waals surface area (Å²) in [6, 6.07) is 0.941. The third-order valence-corrected chi connectivity index (χ3v) is 4.79. The number of rotatable bonds is 7. The monoisotopic (exact) mass is 394 g/mol. The van der Waals surface area contributed by atoms with Crippen LogP contribution in [-0.2, 0) is 11.0 Å². The Labute approximate surface area is 156 Å². The number of carbonyl (C=O) groups is 1. The van der Waals surface area contributed by atoms with Crippen molar-refractivity contribution in [3.05, 3.63) is 22.8 Å². The van der Waals surface area contributed by atoms with Gasteiger partial charge >= 0.3 is 6.18 Å². The van der Waals surface area contributed by atoms with Crippen molar-refractivity contribution in [2.75, 3.05) is 44.2 Å². The van der Waals surface area contributed by atoms with Crippen LogP contribution in [0.2, 0.25) is 5.02 Å². The molecule has 0 bridgehead atoms. The molecule has 0 unspecified atom stereocenters. The van der Waals surface area contributed by atoms with Gasteiger partial charge in [0.2, 0.25) is 0 Å². The standard InChI is InChI=1S/C17H24ClF3N4O/c1-2-3-4-5-22-15(26)12-24-6-8-25(9-7-24)16-14(18)10-13(11-23-16)17(19,20)21/h10-11H,2-9,12H2,1H3,(H,22,26)/p+2. The van der Waals surface area contributed by atoms with Crippen LogP contribution in [0.25, 0.3) is 0 Å². The topological polar surface area (TPSA) is 50.9 Å². The Balaban J connectivity index is 1.82. The Hall–Kier alpha value is -1.54. The minimum Gasteiger partial charge on any atom is -0.351 e. The van der Waals surface area contributed by atoms with Crippen LogP contribution in [-0.4, -0.2) is 45.2 Å². The fraction of sp³-hybridized carbons (Fsp3) is 0.647. The molecule has 3 N–H and O–H groups in total. The van der Waals surface area contributed by atoms with Crippen molar-refractivity contribution < 1.29 is 27.8 Å². The van der Waals surface area contributed by atoms with E-state index in [4.69, 9.17) is 11.6 Å². The number of piperazine rings is 1. The number of anilines is 1. The number of aromatic amines is 1. The number of carbonyl (C=O) groups excluding carboxylic acids is 1. The van der Waals surface area contributed by atoms with Crippen molar-refractivity contribution >= 4 is 23.3 Å². The van der Waals surface area contributed by atoms with Crippen LogP contribution in [0, 0.1) is 0 Å². The largest absolute Gasteiger partial charge is 0.419 e. The van der Waals surface area contributed by atoms with Gasteiger partial charge < -0.3 is 10.2 Å². The lowest BCUT2D eigenvalue weighted by molar-refractivity contribution is -0.892. The van der Waals surface area contributed by atoms with Gasteiger partial charge in [0, 0.05) is 6.54 Å². The Morgan fingerprint density at radius 2 is 2.04 bits per heavy atom. The molecule has 2 heterocycles. The highest BCUT2D eigenvalue weighted by Gasteiger charge is 2.35. The van der Waals surface area contributed by atoms with Crippen LogP contribution in [0.5, 0.6) is 0 Å². The van der Waals surface area contributed by atoms with Crippen LogP contribution < -0.4 is 20.1 Å². The van der Waals surface area contributed by atoms with Gasteiger partial charge in [-0.1, -0.05) is 31.4 Å². The Morgan fingerprint density at radius 3 is 2.62 bits per heavy atom. The van der Waals surface area contributed by atoms with Gasteiger partial charge in [-0.2, -0.15) is 13.2 Å². The van der Waals surface area contributed by atoms with Crippen molar-refractivity contribution in [1.29, 1.82) is 0 Å². The maximum Gasteiger partial charge on any atom is 0.419 e. The molecule has 0 spiro atoms. The summed E-state index contributed by atoms with van der Waals surface area (Å²) < 4.78 is 38.1. The van der Waals surface area contributed by atoms with Crippen molar-refractivity contribution in [2.24, 2.45) is 0 Å². The van der Waals surface area contributed by atoms with Crippen LogP contribution in [0.15, 0.2) is 12.3 Å². The Bertz CT molecular complexity index is 604. The first-order valence-electron chi connectivity index (χ1n) is 8.95. The number of aromatic nitrogens is 1. The van der Waals surface area contributed by atoms with Gasteiger partial charge in [-0.25, -0.2) is 9.88 Å². The maximum absolute atomic E-state index is 12.7. The zero-order chi connectivity index (χ0) is 19.2. The average Bonchev–Trinajstić information content (AvgIpc) is 2.59. The molecule has 1 amide bonds. The van der Waals surface area contributed by atoms with Crippen molar-refractivity contribution in [3.8, 4) is 0 Å². The van der Waals surface area contributed by atoms with Crippen LogP contribution in [0.3, 0.4) is 0 Å². The lowest BCUT2D eigenvalue weighted by atomic mass is 10.2. The molecule has 146 valence electrons. The SMILES string of the molecule is CCCCCNC(=O)C[NH+]1CCN(c2[nH+]cc(C(F)(F)F)cc2Cl)CC1. The fourth-order valence-electron chi connectivity index (χ4n) is 2.98. The van der Waals surface area contributed by atoms with E-state index in [1.165, 1.54) is 0 Å². The summed E-state index contributed by atoms with van der Waals surface area (Å²) in [5, 5.41) is 2.98. The van der Waals surface area contributed by atoms with E-state index in [0.29, 0.717) is 32.0 Å². The summed E-state index contributed by atoms with van der Waals surface area (Å²) in [4.78, 5) is 17.7. The molecule has 0 radical (unpaired) electrons. The summed E-state index contributed by atoms with van der Waals surface area (Å²) in [7, 11) is 0. The number of pyridine rings is 1.